The van der Waals surface area contributed by atoms with Crippen LogP contribution in [0.2, 0.25) is 0 Å². The summed E-state index contributed by atoms with van der Waals surface area (Å²) < 4.78 is 4.74. The van der Waals surface area contributed by atoms with E-state index in [1.807, 2.05) is 0 Å². The first kappa shape index (κ1) is 13.3. The highest BCUT2D eigenvalue weighted by Gasteiger charge is 2.20. The van der Waals surface area contributed by atoms with E-state index in [0.717, 1.165) is 0 Å². The van der Waals surface area contributed by atoms with E-state index in [4.69, 9.17) is 9.57 Å². The molecule has 0 aromatic rings. The lowest BCUT2D eigenvalue weighted by atomic mass is 10.3. The largest absolute Gasteiger partial charge is 0.447 e. The Morgan fingerprint density at radius 2 is 2.59 bits per heavy atom. The highest BCUT2D eigenvalue weighted by atomic mass is 16.6. The number of hydrogen-bond acceptors (Lipinski definition) is 5. The Balaban J connectivity index is 1.99. The fourth-order valence-corrected chi connectivity index (χ4v) is 1.28. The van der Waals surface area contributed by atoms with E-state index >= 15 is 0 Å². The second kappa shape index (κ2) is 7.52. The van der Waals surface area contributed by atoms with Gasteiger partial charge in [-0.1, -0.05) is 11.1 Å². The summed E-state index contributed by atoms with van der Waals surface area (Å²) >= 11 is 0. The quantitative estimate of drug-likeness (QED) is 0.298. The van der Waals surface area contributed by atoms with Crippen LogP contribution in [-0.4, -0.2) is 44.2 Å². The fraction of sp³-hybridized carbons (Fsp3) is 0.636. The maximum Gasteiger partial charge on any atom is 0.407 e. The number of nitrogens with one attached hydrogen (secondary N) is 2. The molecular formula is C11H17N3O3. The number of carbonyl (C=O) groups is 1. The first-order valence-corrected chi connectivity index (χ1v) is 5.45. The molecule has 1 rings (SSSR count). The van der Waals surface area contributed by atoms with E-state index < -0.39 is 0 Å². The molecule has 0 saturated carbocycles. The third kappa shape index (κ3) is 5.78. The molecule has 94 valence electrons. The number of ether oxygens (including phenoxy) is 1. The molecule has 0 radical (unpaired) electrons. The van der Waals surface area contributed by atoms with Gasteiger partial charge in [-0.25, -0.2) is 4.79 Å². The van der Waals surface area contributed by atoms with Crippen LogP contribution in [0.15, 0.2) is 5.16 Å². The van der Waals surface area contributed by atoms with Gasteiger partial charge < -0.3 is 20.2 Å². The summed E-state index contributed by atoms with van der Waals surface area (Å²) in [5.41, 5.74) is 0.656. The van der Waals surface area contributed by atoms with E-state index in [9.17, 15) is 4.79 Å². The number of hydrogen-bond donors (Lipinski definition) is 2. The molecule has 1 amide bonds. The van der Waals surface area contributed by atoms with Crippen LogP contribution < -0.4 is 10.6 Å². The molecule has 0 aliphatic carbocycles. The summed E-state index contributed by atoms with van der Waals surface area (Å²) in [4.78, 5) is 15.7. The third-order valence-corrected chi connectivity index (χ3v) is 2.01. The third-order valence-electron chi connectivity index (χ3n) is 2.01. The molecule has 0 bridgehead atoms. The molecule has 6 heteroatoms. The van der Waals surface area contributed by atoms with Crippen molar-refractivity contribution < 1.29 is 14.4 Å². The van der Waals surface area contributed by atoms with Crippen LogP contribution in [0.5, 0.6) is 0 Å². The molecule has 1 saturated heterocycles. The Bertz CT molecular complexity index is 344. The van der Waals surface area contributed by atoms with Gasteiger partial charge in [0.1, 0.15) is 18.9 Å². The zero-order valence-corrected chi connectivity index (χ0v) is 10.1. The van der Waals surface area contributed by atoms with Crippen LogP contribution in [0, 0.1) is 11.8 Å². The maximum atomic E-state index is 10.7. The van der Waals surface area contributed by atoms with Gasteiger partial charge in [-0.3, -0.25) is 0 Å². The van der Waals surface area contributed by atoms with Crippen molar-refractivity contribution in [3.8, 4) is 11.8 Å². The highest BCUT2D eigenvalue weighted by Crippen LogP contribution is 1.95. The summed E-state index contributed by atoms with van der Waals surface area (Å²) in [6.07, 6.45) is -0.355. The van der Waals surface area contributed by atoms with Crippen molar-refractivity contribution in [2.24, 2.45) is 5.16 Å². The van der Waals surface area contributed by atoms with Crippen molar-refractivity contribution in [3.63, 3.8) is 0 Å². The summed E-state index contributed by atoms with van der Waals surface area (Å²) in [5.74, 6) is 5.51. The van der Waals surface area contributed by atoms with Gasteiger partial charge in [-0.15, -0.1) is 0 Å². The number of amides is 1. The van der Waals surface area contributed by atoms with Gasteiger partial charge in [-0.05, 0) is 19.8 Å². The number of alkyl carbamates (subject to hydrolysis) is 1. The van der Waals surface area contributed by atoms with Crippen molar-refractivity contribution in [2.75, 3.05) is 26.3 Å². The number of carbonyl (C=O) groups excluding carboxylic acids is 1. The minimum atomic E-state index is -0.355. The number of nitrogens with zero attached hydrogens (tertiary/aromatic N) is 1. The smallest absolute Gasteiger partial charge is 0.407 e. The van der Waals surface area contributed by atoms with Gasteiger partial charge in [0.15, 0.2) is 0 Å². The van der Waals surface area contributed by atoms with Gasteiger partial charge in [0, 0.05) is 13.1 Å². The van der Waals surface area contributed by atoms with Gasteiger partial charge in [-0.2, -0.15) is 0 Å². The van der Waals surface area contributed by atoms with Crippen molar-refractivity contribution >= 4 is 11.8 Å². The minimum Gasteiger partial charge on any atom is -0.447 e. The van der Waals surface area contributed by atoms with Crippen LogP contribution in [0.3, 0.4) is 0 Å². The van der Waals surface area contributed by atoms with Crippen molar-refractivity contribution in [1.29, 1.82) is 0 Å². The standard InChI is InChI=1S/C11H17N3O3/c1-3-4-9(2)14-17-6-5-12-7-10-8-16-11(15)13-10/h10,12H,5-8H2,1-2H3,(H,13,15)/b14-9-/t10-/m1/s1. The molecule has 2 N–H and O–H groups in total. The summed E-state index contributed by atoms with van der Waals surface area (Å²) in [5, 5.41) is 9.60. The van der Waals surface area contributed by atoms with Gasteiger partial charge >= 0.3 is 6.09 Å². The predicted molar refractivity (Wildman–Crippen MR) is 63.7 cm³/mol. The Hall–Kier alpha value is -1.74. The van der Waals surface area contributed by atoms with E-state index in [0.29, 0.717) is 32.0 Å². The van der Waals surface area contributed by atoms with E-state index in [1.54, 1.807) is 13.8 Å². The summed E-state index contributed by atoms with van der Waals surface area (Å²) in [6, 6.07) is 0.0405. The maximum absolute atomic E-state index is 10.7. The van der Waals surface area contributed by atoms with Crippen molar-refractivity contribution in [1.82, 2.24) is 10.6 Å². The molecule has 6 nitrogen and oxygen atoms in total. The monoisotopic (exact) mass is 239 g/mol. The molecule has 17 heavy (non-hydrogen) atoms. The van der Waals surface area contributed by atoms with Crippen LogP contribution in [0.25, 0.3) is 0 Å². The molecule has 0 spiro atoms. The van der Waals surface area contributed by atoms with Gasteiger partial charge in [0.05, 0.1) is 6.04 Å². The van der Waals surface area contributed by atoms with Crippen LogP contribution in [0.4, 0.5) is 4.79 Å². The molecule has 0 aromatic heterocycles. The number of oxime groups is 1. The molecule has 1 fully saturated rings. The average Bonchev–Trinajstić information content (AvgIpc) is 2.70. The Kier molecular flexibility index (Phi) is 5.89. The second-order valence-corrected chi connectivity index (χ2v) is 3.53. The predicted octanol–water partition coefficient (Wildman–Crippen LogP) is 0.100. The SMILES string of the molecule is CC#C/C(C)=N\OCCNC[C@@H]1COC(=O)N1. The molecule has 1 heterocycles. The molecule has 0 unspecified atom stereocenters. The van der Waals surface area contributed by atoms with Crippen molar-refractivity contribution in [2.45, 2.75) is 19.9 Å². The second-order valence-electron chi connectivity index (χ2n) is 3.53. The Labute approximate surface area is 101 Å². The molecule has 1 aliphatic rings. The van der Waals surface area contributed by atoms with Gasteiger partial charge in [0.2, 0.25) is 0 Å². The van der Waals surface area contributed by atoms with Crippen LogP contribution in [0.1, 0.15) is 13.8 Å². The van der Waals surface area contributed by atoms with Gasteiger partial charge in [0.25, 0.3) is 0 Å². The lowest BCUT2D eigenvalue weighted by Crippen LogP contribution is -2.37. The number of cyclic esters (lactones) is 1. The van der Waals surface area contributed by atoms with E-state index in [1.165, 1.54) is 0 Å². The van der Waals surface area contributed by atoms with Crippen LogP contribution >= 0.6 is 0 Å². The molecule has 0 aromatic carbocycles. The highest BCUT2D eigenvalue weighted by molar-refractivity contribution is 5.97. The zero-order valence-electron chi connectivity index (χ0n) is 10.1. The first-order chi connectivity index (χ1) is 8.22. The van der Waals surface area contributed by atoms with Crippen molar-refractivity contribution in [3.05, 3.63) is 0 Å². The minimum absolute atomic E-state index is 0.0405. The van der Waals surface area contributed by atoms with E-state index in [2.05, 4.69) is 27.6 Å². The molecule has 1 atom stereocenters. The lowest BCUT2D eigenvalue weighted by molar-refractivity contribution is 0.145. The fourth-order valence-electron chi connectivity index (χ4n) is 1.28. The molecule has 1 aliphatic heterocycles. The Morgan fingerprint density at radius 3 is 3.24 bits per heavy atom. The molecular weight excluding hydrogens is 222 g/mol. The topological polar surface area (TPSA) is 71.9 Å². The van der Waals surface area contributed by atoms with Crippen LogP contribution in [-0.2, 0) is 9.57 Å². The first-order valence-electron chi connectivity index (χ1n) is 5.45. The summed E-state index contributed by atoms with van der Waals surface area (Å²) in [7, 11) is 0. The zero-order chi connectivity index (χ0) is 12.5. The van der Waals surface area contributed by atoms with E-state index in [-0.39, 0.29) is 12.1 Å². The normalized spacial score (nSPS) is 19.1. The average molecular weight is 239 g/mol. The summed E-state index contributed by atoms with van der Waals surface area (Å²) in [6.45, 7) is 5.73. The number of rotatable bonds is 6. The lowest BCUT2D eigenvalue weighted by Gasteiger charge is -2.08. The Morgan fingerprint density at radius 1 is 1.76 bits per heavy atom.